The Bertz CT molecular complexity index is 1130. The molecule has 3 aliphatic rings. The zero-order valence-electron chi connectivity index (χ0n) is 18.1. The number of carbonyl (C=O) groups is 1. The minimum atomic E-state index is -0.507. The molecule has 32 heavy (non-hydrogen) atoms. The molecule has 0 aliphatic heterocycles. The number of nitro groups is 1. The normalized spacial score (nSPS) is 29.7. The van der Waals surface area contributed by atoms with Crippen LogP contribution in [0.5, 0.6) is 5.75 Å². The molecule has 3 aliphatic carbocycles. The summed E-state index contributed by atoms with van der Waals surface area (Å²) in [6.07, 6.45) is 6.14. The predicted octanol–water partition coefficient (Wildman–Crippen LogP) is 4.94. The zero-order valence-corrected chi connectivity index (χ0v) is 18.1. The summed E-state index contributed by atoms with van der Waals surface area (Å²) in [7, 11) is 0. The number of hydrogen-bond donors (Lipinski definition) is 2. The molecular weight excluding hydrogens is 406 g/mol. The van der Waals surface area contributed by atoms with Gasteiger partial charge in [0.05, 0.1) is 4.92 Å². The molecule has 7 nitrogen and oxygen atoms in total. The minimum Gasteiger partial charge on any atom is -0.508 e. The van der Waals surface area contributed by atoms with Crippen molar-refractivity contribution < 1.29 is 14.8 Å². The van der Waals surface area contributed by atoms with E-state index in [-0.39, 0.29) is 16.7 Å². The summed E-state index contributed by atoms with van der Waals surface area (Å²) in [4.78, 5) is 23.1. The molecule has 1 amide bonds. The highest BCUT2D eigenvalue weighted by molar-refractivity contribution is 5.97. The number of non-ortho nitro benzene ring substituents is 1. The van der Waals surface area contributed by atoms with Crippen molar-refractivity contribution in [2.45, 2.75) is 51.4 Å². The van der Waals surface area contributed by atoms with Crippen LogP contribution < -0.4 is 5.43 Å². The van der Waals surface area contributed by atoms with E-state index in [1.54, 1.807) is 12.1 Å². The maximum absolute atomic E-state index is 12.6. The number of aromatic hydroxyl groups is 1. The van der Waals surface area contributed by atoms with Crippen molar-refractivity contribution >= 4 is 17.3 Å². The van der Waals surface area contributed by atoms with Gasteiger partial charge < -0.3 is 5.11 Å². The van der Waals surface area contributed by atoms with Crippen LogP contribution in [-0.4, -0.2) is 21.6 Å². The molecular formula is C25H27N3O4. The van der Waals surface area contributed by atoms with Crippen molar-refractivity contribution in [3.05, 3.63) is 69.3 Å². The number of hydrazone groups is 1. The van der Waals surface area contributed by atoms with Gasteiger partial charge in [0.1, 0.15) is 5.75 Å². The molecule has 7 heteroatoms. The van der Waals surface area contributed by atoms with E-state index in [1.165, 1.54) is 29.3 Å². The van der Waals surface area contributed by atoms with Crippen LogP contribution in [0.1, 0.15) is 66.4 Å². The SMILES string of the molecule is C[C@]12CC[C@H]3c4ccc(O)cc4CC[C@H]3[C@H]1CCC2=NNC(=O)c1cccc([N+](=O)[O-])c1. The molecule has 2 aromatic rings. The summed E-state index contributed by atoms with van der Waals surface area (Å²) in [5.74, 6) is 1.56. The second-order valence-electron chi connectivity index (χ2n) is 9.60. The van der Waals surface area contributed by atoms with Gasteiger partial charge in [-0.05, 0) is 85.6 Å². The Hall–Kier alpha value is -3.22. The van der Waals surface area contributed by atoms with Crippen LogP contribution in [0.3, 0.4) is 0 Å². The van der Waals surface area contributed by atoms with Crippen LogP contribution in [0.4, 0.5) is 5.69 Å². The van der Waals surface area contributed by atoms with E-state index in [1.807, 2.05) is 6.07 Å². The van der Waals surface area contributed by atoms with Crippen LogP contribution in [0.25, 0.3) is 0 Å². The lowest BCUT2D eigenvalue weighted by atomic mass is 9.55. The summed E-state index contributed by atoms with van der Waals surface area (Å²) in [5.41, 5.74) is 6.46. The van der Waals surface area contributed by atoms with Crippen molar-refractivity contribution in [3.8, 4) is 5.75 Å². The van der Waals surface area contributed by atoms with Crippen LogP contribution in [0.15, 0.2) is 47.6 Å². The molecule has 5 rings (SSSR count). The fourth-order valence-electron chi connectivity index (χ4n) is 6.48. The summed E-state index contributed by atoms with van der Waals surface area (Å²) in [6, 6.07) is 11.5. The maximum Gasteiger partial charge on any atom is 0.271 e. The van der Waals surface area contributed by atoms with E-state index < -0.39 is 10.8 Å². The molecule has 0 saturated heterocycles. The number of amides is 1. The van der Waals surface area contributed by atoms with E-state index in [0.29, 0.717) is 23.5 Å². The van der Waals surface area contributed by atoms with Gasteiger partial charge in [0, 0.05) is 28.8 Å². The van der Waals surface area contributed by atoms with E-state index in [4.69, 9.17) is 0 Å². The summed E-state index contributed by atoms with van der Waals surface area (Å²) >= 11 is 0. The number of fused-ring (bicyclic) bond motifs is 5. The van der Waals surface area contributed by atoms with Gasteiger partial charge in [-0.2, -0.15) is 5.10 Å². The van der Waals surface area contributed by atoms with Gasteiger partial charge >= 0.3 is 0 Å². The lowest BCUT2D eigenvalue weighted by molar-refractivity contribution is -0.384. The fourth-order valence-corrected chi connectivity index (χ4v) is 6.48. The lowest BCUT2D eigenvalue weighted by Crippen LogP contribution is -2.43. The number of nitrogens with one attached hydrogen (secondary N) is 1. The molecule has 166 valence electrons. The summed E-state index contributed by atoms with van der Waals surface area (Å²) < 4.78 is 0. The topological polar surface area (TPSA) is 105 Å². The fraction of sp³-hybridized carbons (Fsp3) is 0.440. The van der Waals surface area contributed by atoms with Gasteiger partial charge in [-0.15, -0.1) is 0 Å². The predicted molar refractivity (Wildman–Crippen MR) is 121 cm³/mol. The Morgan fingerprint density at radius 3 is 2.84 bits per heavy atom. The molecule has 0 aromatic heterocycles. The van der Waals surface area contributed by atoms with Crippen LogP contribution in [0.2, 0.25) is 0 Å². The van der Waals surface area contributed by atoms with Crippen LogP contribution >= 0.6 is 0 Å². The van der Waals surface area contributed by atoms with Crippen LogP contribution in [0, 0.1) is 27.4 Å². The molecule has 0 spiro atoms. The first-order chi connectivity index (χ1) is 15.4. The van der Waals surface area contributed by atoms with E-state index in [0.717, 1.165) is 44.2 Å². The quantitative estimate of drug-likeness (QED) is 0.528. The third-order valence-corrected chi connectivity index (χ3v) is 8.06. The van der Waals surface area contributed by atoms with Crippen molar-refractivity contribution in [3.63, 3.8) is 0 Å². The molecule has 0 unspecified atom stereocenters. The van der Waals surface area contributed by atoms with Gasteiger partial charge in [-0.1, -0.05) is 19.1 Å². The van der Waals surface area contributed by atoms with Gasteiger partial charge in [-0.3, -0.25) is 14.9 Å². The van der Waals surface area contributed by atoms with E-state index in [2.05, 4.69) is 23.5 Å². The number of carbonyl (C=O) groups excluding carboxylic acids is 1. The molecule has 0 radical (unpaired) electrons. The Balaban J connectivity index is 1.34. The number of nitro benzene ring substituents is 1. The molecule has 4 atom stereocenters. The Morgan fingerprint density at radius 1 is 1.19 bits per heavy atom. The second kappa shape index (κ2) is 7.73. The van der Waals surface area contributed by atoms with E-state index in [9.17, 15) is 20.0 Å². The molecule has 2 fully saturated rings. The third-order valence-electron chi connectivity index (χ3n) is 8.06. The number of phenolic OH excluding ortho intramolecular Hbond substituents is 1. The third kappa shape index (κ3) is 3.36. The largest absolute Gasteiger partial charge is 0.508 e. The van der Waals surface area contributed by atoms with Crippen molar-refractivity contribution in [1.29, 1.82) is 0 Å². The average Bonchev–Trinajstić information content (AvgIpc) is 3.13. The lowest BCUT2D eigenvalue weighted by Gasteiger charge is -2.49. The average molecular weight is 434 g/mol. The molecule has 2 aromatic carbocycles. The molecule has 2 N–H and O–H groups in total. The number of rotatable bonds is 3. The van der Waals surface area contributed by atoms with Gasteiger partial charge in [0.25, 0.3) is 11.6 Å². The highest BCUT2D eigenvalue weighted by Gasteiger charge is 2.53. The Labute approximate surface area is 186 Å². The number of nitrogens with zero attached hydrogens (tertiary/aromatic N) is 2. The number of benzene rings is 2. The highest BCUT2D eigenvalue weighted by Crippen LogP contribution is 2.59. The standard InChI is InChI=1S/C25H27N3O4/c1-25-12-11-20-19-8-6-18(29)14-15(19)5-7-21(20)22(25)9-10-23(25)26-27-24(30)16-3-2-4-17(13-16)28(31)32/h2-4,6,8,13-14,20-22,29H,5,7,9-12H2,1H3,(H,27,30)/t20-,21+,22+,25-/m0/s1. The summed E-state index contributed by atoms with van der Waals surface area (Å²) in [6.45, 7) is 2.28. The van der Waals surface area contributed by atoms with Crippen molar-refractivity contribution in [1.82, 2.24) is 5.43 Å². The molecule has 0 heterocycles. The smallest absolute Gasteiger partial charge is 0.271 e. The van der Waals surface area contributed by atoms with Gasteiger partial charge in [-0.25, -0.2) is 5.43 Å². The Morgan fingerprint density at radius 2 is 2.03 bits per heavy atom. The first-order valence-electron chi connectivity index (χ1n) is 11.3. The number of hydrogen-bond acceptors (Lipinski definition) is 5. The Kier molecular flexibility index (Phi) is 4.99. The number of phenols is 1. The van der Waals surface area contributed by atoms with Crippen molar-refractivity contribution in [2.75, 3.05) is 0 Å². The van der Waals surface area contributed by atoms with Gasteiger partial charge in [0.15, 0.2) is 0 Å². The number of aryl methyl sites for hydroxylation is 1. The minimum absolute atomic E-state index is 0.0362. The first-order valence-corrected chi connectivity index (χ1v) is 11.3. The maximum atomic E-state index is 12.6. The van der Waals surface area contributed by atoms with Crippen molar-refractivity contribution in [2.24, 2.45) is 22.4 Å². The first kappa shape index (κ1) is 20.7. The molecule has 0 bridgehead atoms. The van der Waals surface area contributed by atoms with E-state index >= 15 is 0 Å². The molecule has 2 saturated carbocycles. The van der Waals surface area contributed by atoms with Crippen LogP contribution in [-0.2, 0) is 6.42 Å². The monoisotopic (exact) mass is 433 g/mol. The van der Waals surface area contributed by atoms with Gasteiger partial charge in [0.2, 0.25) is 0 Å². The highest BCUT2D eigenvalue weighted by atomic mass is 16.6. The summed E-state index contributed by atoms with van der Waals surface area (Å²) in [5, 5.41) is 25.4. The second-order valence-corrected chi connectivity index (χ2v) is 9.60. The zero-order chi connectivity index (χ0) is 22.5.